The van der Waals surface area contributed by atoms with Gasteiger partial charge in [0.25, 0.3) is 0 Å². The van der Waals surface area contributed by atoms with Crippen LogP contribution in [-0.2, 0) is 0 Å². The fourth-order valence-corrected chi connectivity index (χ4v) is 3.08. The number of hydrazone groups is 1. The molecule has 3 aromatic rings. The van der Waals surface area contributed by atoms with Gasteiger partial charge < -0.3 is 24.3 Å². The number of nitrogens with one attached hydrogen (secondary N) is 2. The lowest BCUT2D eigenvalue weighted by Gasteiger charge is -2.11. The summed E-state index contributed by atoms with van der Waals surface area (Å²) in [4.78, 5) is 12.5. The van der Waals surface area contributed by atoms with Crippen LogP contribution in [0.5, 0.6) is 23.0 Å². The van der Waals surface area contributed by atoms with E-state index in [0.29, 0.717) is 34.5 Å². The second-order valence-corrected chi connectivity index (χ2v) is 7.63. The molecule has 3 aromatic carbocycles. The molecule has 0 radical (unpaired) electrons. The molecule has 0 bridgehead atoms. The predicted molar refractivity (Wildman–Crippen MR) is 140 cm³/mol. The molecule has 0 amide bonds. The highest BCUT2D eigenvalue weighted by Gasteiger charge is 2.13. The fourth-order valence-electron chi connectivity index (χ4n) is 2.91. The predicted octanol–water partition coefficient (Wildman–Crippen LogP) is 5.03. The van der Waals surface area contributed by atoms with Gasteiger partial charge in [0.1, 0.15) is 11.5 Å². The highest BCUT2D eigenvalue weighted by molar-refractivity contribution is 7.80. The molecule has 0 saturated carbocycles. The minimum atomic E-state index is -0.497. The number of esters is 1. The average Bonchev–Trinajstić information content (AvgIpc) is 2.89. The molecule has 35 heavy (non-hydrogen) atoms. The molecular weight excluding hydrogens is 466 g/mol. The van der Waals surface area contributed by atoms with Crippen molar-refractivity contribution in [2.24, 2.45) is 5.10 Å². The van der Waals surface area contributed by atoms with E-state index >= 15 is 0 Å². The first kappa shape index (κ1) is 25.5. The van der Waals surface area contributed by atoms with Gasteiger partial charge in [-0.2, -0.15) is 5.10 Å². The summed E-state index contributed by atoms with van der Waals surface area (Å²) < 4.78 is 21.6. The Morgan fingerprint density at radius 1 is 0.943 bits per heavy atom. The van der Waals surface area contributed by atoms with Crippen LogP contribution in [0.15, 0.2) is 71.8 Å². The molecule has 8 nitrogen and oxygen atoms in total. The third-order valence-electron chi connectivity index (χ3n) is 4.68. The Morgan fingerprint density at radius 3 is 2.31 bits per heavy atom. The van der Waals surface area contributed by atoms with Crippen LogP contribution in [0.4, 0.5) is 5.69 Å². The molecule has 0 aliphatic rings. The van der Waals surface area contributed by atoms with E-state index in [1.165, 1.54) is 7.11 Å². The number of ether oxygens (including phenoxy) is 4. The molecule has 0 aromatic heterocycles. The number of benzene rings is 3. The first-order valence-electron chi connectivity index (χ1n) is 10.9. The number of anilines is 1. The van der Waals surface area contributed by atoms with Gasteiger partial charge in [-0.1, -0.05) is 6.92 Å². The van der Waals surface area contributed by atoms with Crippen LogP contribution >= 0.6 is 12.2 Å². The van der Waals surface area contributed by atoms with Gasteiger partial charge in [-0.15, -0.1) is 0 Å². The summed E-state index contributed by atoms with van der Waals surface area (Å²) in [7, 11) is 3.11. The quantitative estimate of drug-likeness (QED) is 0.134. The maximum absolute atomic E-state index is 12.5. The highest BCUT2D eigenvalue weighted by atomic mass is 32.1. The monoisotopic (exact) mass is 493 g/mol. The average molecular weight is 494 g/mol. The normalized spacial score (nSPS) is 10.5. The van der Waals surface area contributed by atoms with Gasteiger partial charge in [-0.05, 0) is 90.9 Å². The Labute approximate surface area is 209 Å². The molecule has 0 heterocycles. The summed E-state index contributed by atoms with van der Waals surface area (Å²) in [5, 5.41) is 7.49. The zero-order valence-electron chi connectivity index (χ0n) is 19.7. The van der Waals surface area contributed by atoms with Crippen molar-refractivity contribution < 1.29 is 23.7 Å². The van der Waals surface area contributed by atoms with E-state index in [4.69, 9.17) is 31.2 Å². The third-order valence-corrected chi connectivity index (χ3v) is 4.87. The molecule has 2 N–H and O–H groups in total. The van der Waals surface area contributed by atoms with Gasteiger partial charge in [0.05, 0.1) is 32.6 Å². The molecule has 0 unspecified atom stereocenters. The molecule has 0 saturated heterocycles. The molecular formula is C26H27N3O5S. The lowest BCUT2D eigenvalue weighted by atomic mass is 10.2. The lowest BCUT2D eigenvalue weighted by molar-refractivity contribution is 0.0729. The molecule has 0 aliphatic heterocycles. The smallest absolute Gasteiger partial charge is 0.343 e. The maximum Gasteiger partial charge on any atom is 0.343 e. The number of thiocarbonyl (C=S) groups is 1. The van der Waals surface area contributed by atoms with Crippen molar-refractivity contribution in [3.8, 4) is 23.0 Å². The van der Waals surface area contributed by atoms with Gasteiger partial charge >= 0.3 is 5.97 Å². The summed E-state index contributed by atoms with van der Waals surface area (Å²) in [6.45, 7) is 2.65. The Morgan fingerprint density at radius 2 is 1.66 bits per heavy atom. The van der Waals surface area contributed by atoms with Crippen molar-refractivity contribution in [1.82, 2.24) is 5.43 Å². The Hall–Kier alpha value is -4.11. The third kappa shape index (κ3) is 7.72. The number of hydrogen-bond donors (Lipinski definition) is 2. The van der Waals surface area contributed by atoms with Crippen LogP contribution in [0.1, 0.15) is 29.3 Å². The zero-order valence-corrected chi connectivity index (χ0v) is 20.6. The molecule has 9 heteroatoms. The topological polar surface area (TPSA) is 90.4 Å². The first-order valence-corrected chi connectivity index (χ1v) is 11.3. The Bertz CT molecular complexity index is 1160. The van der Waals surface area contributed by atoms with Crippen LogP contribution in [0.2, 0.25) is 0 Å². The summed E-state index contributed by atoms with van der Waals surface area (Å²) in [5.74, 6) is 1.65. The molecule has 3 rings (SSSR count). The molecule has 0 fully saturated rings. The van der Waals surface area contributed by atoms with Gasteiger partial charge in [-0.25, -0.2) is 4.79 Å². The standard InChI is InChI=1S/C26H27N3O5S/c1-4-15-33-22-10-6-19(7-11-22)25(30)34-23-14-5-18(16-24(23)32-3)17-27-29-26(35)28-20-8-12-21(31-2)13-9-20/h5-14,16-17H,4,15H2,1-3H3,(H2,28,29,35). The fraction of sp³-hybridized carbons (Fsp3) is 0.192. The van der Waals surface area contributed by atoms with E-state index < -0.39 is 5.97 Å². The van der Waals surface area contributed by atoms with Gasteiger partial charge in [-0.3, -0.25) is 5.43 Å². The number of nitrogens with zero attached hydrogens (tertiary/aromatic N) is 1. The van der Waals surface area contributed by atoms with Crippen LogP contribution in [0.25, 0.3) is 0 Å². The highest BCUT2D eigenvalue weighted by Crippen LogP contribution is 2.28. The second-order valence-electron chi connectivity index (χ2n) is 7.23. The summed E-state index contributed by atoms with van der Waals surface area (Å²) in [6.07, 6.45) is 2.48. The van der Waals surface area contributed by atoms with Crippen LogP contribution in [-0.4, -0.2) is 38.1 Å². The van der Waals surface area contributed by atoms with Crippen molar-refractivity contribution in [3.63, 3.8) is 0 Å². The minimum Gasteiger partial charge on any atom is -0.497 e. The lowest BCUT2D eigenvalue weighted by Crippen LogP contribution is -2.23. The van der Waals surface area contributed by atoms with E-state index in [2.05, 4.69) is 15.8 Å². The summed E-state index contributed by atoms with van der Waals surface area (Å²) in [6, 6.07) is 19.2. The first-order chi connectivity index (χ1) is 17.0. The summed E-state index contributed by atoms with van der Waals surface area (Å²) >= 11 is 5.25. The number of rotatable bonds is 10. The van der Waals surface area contributed by atoms with Crippen LogP contribution in [0.3, 0.4) is 0 Å². The zero-order chi connectivity index (χ0) is 25.0. The number of carbonyl (C=O) groups is 1. The Balaban J connectivity index is 1.57. The second kappa shape index (κ2) is 13.0. The van der Waals surface area contributed by atoms with E-state index in [9.17, 15) is 4.79 Å². The van der Waals surface area contributed by atoms with E-state index in [-0.39, 0.29) is 0 Å². The number of carbonyl (C=O) groups excluding carboxylic acids is 1. The van der Waals surface area contributed by atoms with Crippen molar-refractivity contribution in [3.05, 3.63) is 77.9 Å². The van der Waals surface area contributed by atoms with E-state index in [1.807, 2.05) is 31.2 Å². The Kier molecular flexibility index (Phi) is 9.44. The van der Waals surface area contributed by atoms with E-state index in [1.54, 1.807) is 55.8 Å². The molecule has 0 aliphatic carbocycles. The molecule has 0 atom stereocenters. The van der Waals surface area contributed by atoms with Gasteiger partial charge in [0, 0.05) is 5.69 Å². The summed E-state index contributed by atoms with van der Waals surface area (Å²) in [5.41, 5.74) is 4.68. The maximum atomic E-state index is 12.5. The molecule has 182 valence electrons. The number of methoxy groups -OCH3 is 2. The van der Waals surface area contributed by atoms with Gasteiger partial charge in [0.15, 0.2) is 16.6 Å². The largest absolute Gasteiger partial charge is 0.497 e. The van der Waals surface area contributed by atoms with Crippen molar-refractivity contribution in [2.45, 2.75) is 13.3 Å². The van der Waals surface area contributed by atoms with Crippen LogP contribution in [0, 0.1) is 0 Å². The van der Waals surface area contributed by atoms with E-state index in [0.717, 1.165) is 23.4 Å². The minimum absolute atomic E-state index is 0.297. The van der Waals surface area contributed by atoms with Crippen molar-refractivity contribution >= 4 is 35.2 Å². The van der Waals surface area contributed by atoms with Crippen molar-refractivity contribution in [1.29, 1.82) is 0 Å². The van der Waals surface area contributed by atoms with Gasteiger partial charge in [0.2, 0.25) is 0 Å². The van der Waals surface area contributed by atoms with Crippen molar-refractivity contribution in [2.75, 3.05) is 26.1 Å². The molecule has 0 spiro atoms. The SMILES string of the molecule is CCCOc1ccc(C(=O)Oc2ccc(C=NNC(=S)Nc3ccc(OC)cc3)cc2OC)cc1. The number of hydrogen-bond acceptors (Lipinski definition) is 7. The van der Waals surface area contributed by atoms with Crippen LogP contribution < -0.4 is 29.7 Å².